The van der Waals surface area contributed by atoms with Gasteiger partial charge in [-0.15, -0.1) is 0 Å². The molecule has 30 heavy (non-hydrogen) atoms. The van der Waals surface area contributed by atoms with Gasteiger partial charge >= 0.3 is 0 Å². The van der Waals surface area contributed by atoms with Crippen molar-refractivity contribution in [3.63, 3.8) is 0 Å². The Morgan fingerprint density at radius 3 is 2.33 bits per heavy atom. The summed E-state index contributed by atoms with van der Waals surface area (Å²) in [6.07, 6.45) is 3.40. The molecular weight excluding hydrogens is 402 g/mol. The second-order valence-electron chi connectivity index (χ2n) is 7.83. The molecule has 2 aromatic carbocycles. The highest BCUT2D eigenvalue weighted by molar-refractivity contribution is 7.92. The van der Waals surface area contributed by atoms with Crippen LogP contribution in [0.15, 0.2) is 42.5 Å². The number of aryl methyl sites for hydroxylation is 1. The smallest absolute Gasteiger partial charge is 0.255 e. The number of carbonyl (C=O) groups excluding carboxylic acids is 1. The summed E-state index contributed by atoms with van der Waals surface area (Å²) in [6, 6.07) is 12.3. The SMILES string of the molecule is Cc1cc(C(=O)Nc2ccc(OC3CCN(C)CC3)cc2)ccc1N(C)S(C)(=O)=O. The summed E-state index contributed by atoms with van der Waals surface area (Å²) in [7, 11) is 0.251. The van der Waals surface area contributed by atoms with E-state index < -0.39 is 10.0 Å². The van der Waals surface area contributed by atoms with Gasteiger partial charge in [-0.25, -0.2) is 8.42 Å². The van der Waals surface area contributed by atoms with E-state index in [0.717, 1.165) is 37.9 Å². The Balaban J connectivity index is 1.62. The van der Waals surface area contributed by atoms with E-state index in [4.69, 9.17) is 4.74 Å². The van der Waals surface area contributed by atoms with E-state index in [9.17, 15) is 13.2 Å². The van der Waals surface area contributed by atoms with Crippen molar-refractivity contribution in [1.29, 1.82) is 0 Å². The molecule has 3 rings (SSSR count). The van der Waals surface area contributed by atoms with Crippen LogP contribution in [0.5, 0.6) is 5.75 Å². The maximum atomic E-state index is 12.6. The van der Waals surface area contributed by atoms with Gasteiger partial charge in [0, 0.05) is 31.4 Å². The molecule has 0 spiro atoms. The Kier molecular flexibility index (Phi) is 6.67. The van der Waals surface area contributed by atoms with Gasteiger partial charge in [-0.3, -0.25) is 9.10 Å². The van der Waals surface area contributed by atoms with Gasteiger partial charge in [0.25, 0.3) is 5.91 Å². The second-order valence-corrected chi connectivity index (χ2v) is 9.84. The van der Waals surface area contributed by atoms with E-state index in [-0.39, 0.29) is 12.0 Å². The molecule has 0 atom stereocenters. The quantitative estimate of drug-likeness (QED) is 0.760. The molecule has 1 N–H and O–H groups in total. The van der Waals surface area contributed by atoms with Crippen LogP contribution in [-0.4, -0.2) is 58.8 Å². The number of ether oxygens (including phenoxy) is 1. The van der Waals surface area contributed by atoms with Gasteiger partial charge in [-0.1, -0.05) is 0 Å². The zero-order chi connectivity index (χ0) is 21.9. The minimum atomic E-state index is -3.36. The minimum Gasteiger partial charge on any atom is -0.490 e. The monoisotopic (exact) mass is 431 g/mol. The van der Waals surface area contributed by atoms with Crippen LogP contribution < -0.4 is 14.4 Å². The van der Waals surface area contributed by atoms with Crippen molar-refractivity contribution in [2.75, 3.05) is 43.1 Å². The maximum Gasteiger partial charge on any atom is 0.255 e. The molecule has 2 aromatic rings. The van der Waals surface area contributed by atoms with E-state index in [2.05, 4.69) is 17.3 Å². The van der Waals surface area contributed by atoms with Crippen LogP contribution in [0.25, 0.3) is 0 Å². The number of anilines is 2. The van der Waals surface area contributed by atoms with Crippen molar-refractivity contribution in [2.45, 2.75) is 25.9 Å². The Bertz CT molecular complexity index is 998. The van der Waals surface area contributed by atoms with Crippen LogP contribution in [0.2, 0.25) is 0 Å². The largest absolute Gasteiger partial charge is 0.490 e. The molecule has 1 aliphatic rings. The third-order valence-electron chi connectivity index (χ3n) is 5.38. The molecule has 1 amide bonds. The maximum absolute atomic E-state index is 12.6. The standard InChI is InChI=1S/C22H29N3O4S/c1-16-15-17(5-10-21(16)25(3)30(4,27)28)22(26)23-18-6-8-19(9-7-18)29-20-11-13-24(2)14-12-20/h5-10,15,20H,11-14H2,1-4H3,(H,23,26). The van der Waals surface area contributed by atoms with Crippen molar-refractivity contribution in [3.05, 3.63) is 53.6 Å². The number of likely N-dealkylation sites (tertiary alicyclic amines) is 1. The molecule has 8 heteroatoms. The Morgan fingerprint density at radius 2 is 1.77 bits per heavy atom. The van der Waals surface area contributed by atoms with Gasteiger partial charge < -0.3 is 15.0 Å². The highest BCUT2D eigenvalue weighted by Gasteiger charge is 2.18. The normalized spacial score (nSPS) is 15.6. The van der Waals surface area contributed by atoms with Gasteiger partial charge in [0.1, 0.15) is 11.9 Å². The predicted octanol–water partition coefficient (Wildman–Crippen LogP) is 3.12. The number of sulfonamides is 1. The number of benzene rings is 2. The molecule has 7 nitrogen and oxygen atoms in total. The lowest BCUT2D eigenvalue weighted by Crippen LogP contribution is -2.35. The summed E-state index contributed by atoms with van der Waals surface area (Å²) >= 11 is 0. The lowest BCUT2D eigenvalue weighted by atomic mass is 10.1. The fraction of sp³-hybridized carbons (Fsp3) is 0.409. The summed E-state index contributed by atoms with van der Waals surface area (Å²) in [5.74, 6) is 0.544. The molecule has 1 fully saturated rings. The number of amides is 1. The highest BCUT2D eigenvalue weighted by Crippen LogP contribution is 2.24. The van der Waals surface area contributed by atoms with Gasteiger partial charge in [-0.05, 0) is 74.8 Å². The van der Waals surface area contributed by atoms with Gasteiger partial charge in [0.2, 0.25) is 10.0 Å². The number of nitrogens with one attached hydrogen (secondary N) is 1. The average molecular weight is 432 g/mol. The summed E-state index contributed by atoms with van der Waals surface area (Å²) in [4.78, 5) is 14.9. The number of rotatable bonds is 6. The van der Waals surface area contributed by atoms with Crippen LogP contribution >= 0.6 is 0 Å². The first kappa shape index (κ1) is 22.1. The van der Waals surface area contributed by atoms with Gasteiger partial charge in [-0.2, -0.15) is 0 Å². The van der Waals surface area contributed by atoms with Gasteiger partial charge in [0.05, 0.1) is 11.9 Å². The molecule has 1 aliphatic heterocycles. The van der Waals surface area contributed by atoms with E-state index in [1.54, 1.807) is 25.1 Å². The summed E-state index contributed by atoms with van der Waals surface area (Å²) in [5.41, 5.74) is 2.39. The molecule has 0 unspecified atom stereocenters. The van der Waals surface area contributed by atoms with Crippen LogP contribution in [0.1, 0.15) is 28.8 Å². The molecule has 0 bridgehead atoms. The summed E-state index contributed by atoms with van der Waals surface area (Å²) < 4.78 is 30.7. The first-order chi connectivity index (χ1) is 14.1. The van der Waals surface area contributed by atoms with Crippen LogP contribution in [0.3, 0.4) is 0 Å². The van der Waals surface area contributed by atoms with E-state index in [1.807, 2.05) is 24.3 Å². The average Bonchev–Trinajstić information content (AvgIpc) is 2.70. The van der Waals surface area contributed by atoms with Crippen molar-refractivity contribution in [3.8, 4) is 5.75 Å². The molecule has 0 aromatic heterocycles. The van der Waals surface area contributed by atoms with Crippen LogP contribution in [0, 0.1) is 6.92 Å². The molecule has 162 valence electrons. The fourth-order valence-electron chi connectivity index (χ4n) is 3.44. The van der Waals surface area contributed by atoms with Crippen LogP contribution in [0.4, 0.5) is 11.4 Å². The first-order valence-corrected chi connectivity index (χ1v) is 11.8. The zero-order valence-corrected chi connectivity index (χ0v) is 18.7. The minimum absolute atomic E-state index is 0.230. The fourth-order valence-corrected chi connectivity index (χ4v) is 4.01. The lowest BCUT2D eigenvalue weighted by Gasteiger charge is -2.29. The number of carbonyl (C=O) groups is 1. The van der Waals surface area contributed by atoms with E-state index in [0.29, 0.717) is 22.5 Å². The Hall–Kier alpha value is -2.58. The van der Waals surface area contributed by atoms with Gasteiger partial charge in [0.15, 0.2) is 0 Å². The number of nitrogens with zero attached hydrogens (tertiary/aromatic N) is 2. The number of hydrogen-bond acceptors (Lipinski definition) is 5. The van der Waals surface area contributed by atoms with Crippen molar-refractivity contribution in [1.82, 2.24) is 4.90 Å². The predicted molar refractivity (Wildman–Crippen MR) is 120 cm³/mol. The lowest BCUT2D eigenvalue weighted by molar-refractivity contribution is 0.102. The summed E-state index contributed by atoms with van der Waals surface area (Å²) in [5, 5.41) is 2.87. The number of hydrogen-bond donors (Lipinski definition) is 1. The first-order valence-electron chi connectivity index (χ1n) is 9.94. The molecule has 0 saturated carbocycles. The van der Waals surface area contributed by atoms with Crippen LogP contribution in [-0.2, 0) is 10.0 Å². The second kappa shape index (κ2) is 9.06. The van der Waals surface area contributed by atoms with Crippen molar-refractivity contribution < 1.29 is 17.9 Å². The van der Waals surface area contributed by atoms with Crippen molar-refractivity contribution >= 4 is 27.3 Å². The zero-order valence-electron chi connectivity index (χ0n) is 17.9. The Labute approximate surface area is 178 Å². The molecule has 0 radical (unpaired) electrons. The number of piperidine rings is 1. The molecule has 1 saturated heterocycles. The van der Waals surface area contributed by atoms with E-state index in [1.165, 1.54) is 11.4 Å². The van der Waals surface area contributed by atoms with Crippen molar-refractivity contribution in [2.24, 2.45) is 0 Å². The summed E-state index contributed by atoms with van der Waals surface area (Å²) in [6.45, 7) is 3.86. The molecule has 1 heterocycles. The molecule has 0 aliphatic carbocycles. The topological polar surface area (TPSA) is 79.0 Å². The third kappa shape index (κ3) is 5.52. The third-order valence-corrected chi connectivity index (χ3v) is 6.57. The molecular formula is C22H29N3O4S. The highest BCUT2D eigenvalue weighted by atomic mass is 32.2. The Morgan fingerprint density at radius 1 is 1.13 bits per heavy atom. The van der Waals surface area contributed by atoms with E-state index >= 15 is 0 Å².